The Kier molecular flexibility index (Phi) is 5.32. The second-order valence-corrected chi connectivity index (χ2v) is 7.17. The fourth-order valence-electron chi connectivity index (χ4n) is 1.61. The van der Waals surface area contributed by atoms with Crippen LogP contribution in [0.15, 0.2) is 44.3 Å². The van der Waals surface area contributed by atoms with Crippen molar-refractivity contribution in [2.75, 3.05) is 11.3 Å². The van der Waals surface area contributed by atoms with Gasteiger partial charge in [0.2, 0.25) is 5.09 Å². The molecular weight excluding hydrogens is 380 g/mol. The van der Waals surface area contributed by atoms with Gasteiger partial charge in [-0.3, -0.25) is 4.72 Å². The smallest absolute Gasteiger partial charge is 0.295 e. The third-order valence-electron chi connectivity index (χ3n) is 2.63. The normalized spacial score (nSPS) is 11.6. The van der Waals surface area contributed by atoms with Crippen LogP contribution in [0.3, 0.4) is 0 Å². The van der Waals surface area contributed by atoms with Gasteiger partial charge in [-0.2, -0.15) is 8.42 Å². The largest absolute Gasteiger partial charge is 0.446 e. The van der Waals surface area contributed by atoms with Gasteiger partial charge in [0.15, 0.2) is 0 Å². The average Bonchev–Trinajstić information content (AvgIpc) is 2.89. The predicted octanol–water partition coefficient (Wildman–Crippen LogP) is 3.61. The van der Waals surface area contributed by atoms with Crippen LogP contribution in [-0.4, -0.2) is 15.0 Å². The monoisotopic (exact) mass is 392 g/mol. The van der Waals surface area contributed by atoms with E-state index in [1.54, 1.807) is 24.3 Å². The molecule has 1 heterocycles. The number of halogens is 2. The Morgan fingerprint density at radius 1 is 1.29 bits per heavy atom. The first kappa shape index (κ1) is 16.4. The van der Waals surface area contributed by atoms with Crippen LogP contribution in [0.25, 0.3) is 0 Å². The molecule has 0 aliphatic rings. The molecule has 0 fully saturated rings. The van der Waals surface area contributed by atoms with Crippen LogP contribution in [0.2, 0.25) is 5.02 Å². The van der Waals surface area contributed by atoms with Crippen molar-refractivity contribution in [3.8, 4) is 0 Å². The fourth-order valence-corrected chi connectivity index (χ4v) is 3.42. The van der Waals surface area contributed by atoms with Gasteiger partial charge in [0, 0.05) is 4.47 Å². The number of nitrogens with one attached hydrogen (secondary N) is 2. The first-order chi connectivity index (χ1) is 9.92. The number of hydrogen-bond acceptors (Lipinski definition) is 4. The number of hydrogen-bond donors (Lipinski definition) is 2. The van der Waals surface area contributed by atoms with E-state index in [-0.39, 0.29) is 5.09 Å². The minimum Gasteiger partial charge on any atom is -0.446 e. The standard InChI is InChI=1S/C13H14BrClN2O3S/c1-2-16-8-10-4-6-13(20-10)21(18,19)17-12-5-3-9(14)7-11(12)15/h3-7,16-17H,2,8H2,1H3. The molecule has 0 unspecified atom stereocenters. The third-order valence-corrected chi connectivity index (χ3v) is 4.67. The minimum atomic E-state index is -3.80. The van der Waals surface area contributed by atoms with Gasteiger partial charge in [0.1, 0.15) is 5.76 Å². The quantitative estimate of drug-likeness (QED) is 0.786. The van der Waals surface area contributed by atoms with Crippen molar-refractivity contribution in [1.82, 2.24) is 5.32 Å². The topological polar surface area (TPSA) is 71.3 Å². The Labute approximate surface area is 136 Å². The van der Waals surface area contributed by atoms with Crippen molar-refractivity contribution in [2.24, 2.45) is 0 Å². The second-order valence-electron chi connectivity index (χ2n) is 4.23. The molecule has 0 amide bonds. The highest BCUT2D eigenvalue weighted by atomic mass is 79.9. The zero-order chi connectivity index (χ0) is 15.5. The number of sulfonamides is 1. The Hall–Kier alpha value is -1.02. The fraction of sp³-hybridized carbons (Fsp3) is 0.231. The Morgan fingerprint density at radius 3 is 2.71 bits per heavy atom. The van der Waals surface area contributed by atoms with Crippen molar-refractivity contribution >= 4 is 43.2 Å². The SMILES string of the molecule is CCNCc1ccc(S(=O)(=O)Nc2ccc(Br)cc2Cl)o1. The molecule has 2 rings (SSSR count). The summed E-state index contributed by atoms with van der Waals surface area (Å²) in [7, 11) is -3.80. The van der Waals surface area contributed by atoms with Crippen molar-refractivity contribution in [2.45, 2.75) is 18.6 Å². The lowest BCUT2D eigenvalue weighted by Crippen LogP contribution is -2.13. The first-order valence-electron chi connectivity index (χ1n) is 6.19. The average molecular weight is 394 g/mol. The van der Waals surface area contributed by atoms with Crippen LogP contribution in [-0.2, 0) is 16.6 Å². The van der Waals surface area contributed by atoms with Gasteiger partial charge in [-0.25, -0.2) is 0 Å². The molecule has 21 heavy (non-hydrogen) atoms. The molecule has 0 atom stereocenters. The molecular formula is C13H14BrClN2O3S. The van der Waals surface area contributed by atoms with E-state index in [0.29, 0.717) is 23.0 Å². The zero-order valence-corrected chi connectivity index (χ0v) is 14.3. The van der Waals surface area contributed by atoms with Crippen LogP contribution in [0.4, 0.5) is 5.69 Å². The molecule has 0 aliphatic heterocycles. The summed E-state index contributed by atoms with van der Waals surface area (Å²) >= 11 is 9.26. The molecule has 114 valence electrons. The number of furan rings is 1. The van der Waals surface area contributed by atoms with Crippen molar-refractivity contribution in [1.29, 1.82) is 0 Å². The summed E-state index contributed by atoms with van der Waals surface area (Å²) < 4.78 is 33.0. The maximum absolute atomic E-state index is 12.2. The maximum atomic E-state index is 12.2. The van der Waals surface area contributed by atoms with E-state index in [1.165, 1.54) is 6.07 Å². The van der Waals surface area contributed by atoms with E-state index < -0.39 is 10.0 Å². The zero-order valence-electron chi connectivity index (χ0n) is 11.2. The van der Waals surface area contributed by atoms with Gasteiger partial charge < -0.3 is 9.73 Å². The molecule has 0 saturated heterocycles. The summed E-state index contributed by atoms with van der Waals surface area (Å²) in [5.41, 5.74) is 0.296. The van der Waals surface area contributed by atoms with Gasteiger partial charge in [0.05, 0.1) is 17.3 Å². The Bertz CT molecular complexity index is 731. The van der Waals surface area contributed by atoms with E-state index in [4.69, 9.17) is 16.0 Å². The molecule has 5 nitrogen and oxygen atoms in total. The summed E-state index contributed by atoms with van der Waals surface area (Å²) in [5, 5.41) is 3.21. The van der Waals surface area contributed by atoms with Crippen LogP contribution in [0.5, 0.6) is 0 Å². The summed E-state index contributed by atoms with van der Waals surface area (Å²) in [5.74, 6) is 0.555. The Balaban J connectivity index is 2.19. The van der Waals surface area contributed by atoms with Crippen LogP contribution in [0, 0.1) is 0 Å². The van der Waals surface area contributed by atoms with Crippen molar-refractivity contribution in [3.63, 3.8) is 0 Å². The number of rotatable bonds is 6. The second kappa shape index (κ2) is 6.83. The molecule has 2 aromatic rings. The summed E-state index contributed by atoms with van der Waals surface area (Å²) in [6, 6.07) is 7.93. The molecule has 0 saturated carbocycles. The highest BCUT2D eigenvalue weighted by molar-refractivity contribution is 9.10. The number of anilines is 1. The van der Waals surface area contributed by atoms with Gasteiger partial charge in [0.25, 0.3) is 10.0 Å². The molecule has 0 aliphatic carbocycles. The van der Waals surface area contributed by atoms with Crippen molar-refractivity contribution < 1.29 is 12.8 Å². The first-order valence-corrected chi connectivity index (χ1v) is 8.85. The molecule has 1 aromatic heterocycles. The summed E-state index contributed by atoms with van der Waals surface area (Å²) in [6.07, 6.45) is 0. The molecule has 8 heteroatoms. The van der Waals surface area contributed by atoms with E-state index >= 15 is 0 Å². The van der Waals surface area contributed by atoms with E-state index in [0.717, 1.165) is 11.0 Å². The van der Waals surface area contributed by atoms with Crippen molar-refractivity contribution in [3.05, 3.63) is 45.6 Å². The lowest BCUT2D eigenvalue weighted by atomic mass is 10.3. The van der Waals surface area contributed by atoms with Crippen LogP contribution < -0.4 is 10.0 Å². The maximum Gasteiger partial charge on any atom is 0.295 e. The van der Waals surface area contributed by atoms with E-state index in [9.17, 15) is 8.42 Å². The molecule has 0 spiro atoms. The van der Waals surface area contributed by atoms with Gasteiger partial charge in [-0.1, -0.05) is 34.5 Å². The van der Waals surface area contributed by atoms with Gasteiger partial charge in [-0.15, -0.1) is 0 Å². The number of benzene rings is 1. The molecule has 0 bridgehead atoms. The van der Waals surface area contributed by atoms with E-state index in [1.807, 2.05) is 6.92 Å². The molecule has 0 radical (unpaired) electrons. The van der Waals surface area contributed by atoms with Gasteiger partial charge in [-0.05, 0) is 36.9 Å². The predicted molar refractivity (Wildman–Crippen MR) is 86.0 cm³/mol. The van der Waals surface area contributed by atoms with Crippen LogP contribution in [0.1, 0.15) is 12.7 Å². The van der Waals surface area contributed by atoms with E-state index in [2.05, 4.69) is 26.0 Å². The lowest BCUT2D eigenvalue weighted by molar-refractivity contribution is 0.405. The minimum absolute atomic E-state index is 0.144. The van der Waals surface area contributed by atoms with Crippen LogP contribution >= 0.6 is 27.5 Å². The van der Waals surface area contributed by atoms with Gasteiger partial charge >= 0.3 is 0 Å². The lowest BCUT2D eigenvalue weighted by Gasteiger charge is -2.08. The Morgan fingerprint density at radius 2 is 2.05 bits per heavy atom. The molecule has 2 N–H and O–H groups in total. The highest BCUT2D eigenvalue weighted by Gasteiger charge is 2.20. The molecule has 1 aromatic carbocycles. The highest BCUT2D eigenvalue weighted by Crippen LogP contribution is 2.28. The summed E-state index contributed by atoms with van der Waals surface area (Å²) in [6.45, 7) is 3.21. The third kappa shape index (κ3) is 4.23. The summed E-state index contributed by atoms with van der Waals surface area (Å²) in [4.78, 5) is 0.